The molecule has 0 fully saturated rings. The van der Waals surface area contributed by atoms with E-state index in [-0.39, 0.29) is 18.2 Å². The zero-order valence-corrected chi connectivity index (χ0v) is 16.6. The topological polar surface area (TPSA) is 117 Å². The Bertz CT molecular complexity index is 926. The molecule has 3 N–H and O–H groups in total. The minimum absolute atomic E-state index is 0.154. The van der Waals surface area contributed by atoms with E-state index >= 15 is 0 Å². The van der Waals surface area contributed by atoms with E-state index in [4.69, 9.17) is 21.4 Å². The fourth-order valence-corrected chi connectivity index (χ4v) is 2.41. The fourth-order valence-electron chi connectivity index (χ4n) is 2.16. The molecule has 2 amide bonds. The molecule has 0 saturated heterocycles. The molecule has 8 nitrogen and oxygen atoms in total. The number of nitrogens with one attached hydrogen (secondary N) is 2. The Balaban J connectivity index is 1.91. The van der Waals surface area contributed by atoms with Crippen LogP contribution in [0.2, 0.25) is 5.02 Å². The highest BCUT2D eigenvalue weighted by molar-refractivity contribution is 6.35. The third kappa shape index (κ3) is 6.93. The predicted octanol–water partition coefficient (Wildman–Crippen LogP) is 2.59. The standard InChI is InChI=1S/C20H20ClN3O5/c1-12(2)23-18(25)19(26)24-22-10-14-5-8-17(16(21)9-14)29-11-13-3-6-15(7-4-13)20(27)28/h3-10,12H,11H2,1-2H3,(H,23,25)(H,24,26)(H,27,28)/b22-10-. The van der Waals surface area contributed by atoms with Gasteiger partial charge in [-0.1, -0.05) is 23.7 Å². The van der Waals surface area contributed by atoms with Crippen LogP contribution in [0.3, 0.4) is 0 Å². The molecule has 0 atom stereocenters. The van der Waals surface area contributed by atoms with E-state index in [0.29, 0.717) is 16.3 Å². The number of hydrogen-bond donors (Lipinski definition) is 3. The second-order valence-electron chi connectivity index (χ2n) is 6.31. The average Bonchev–Trinajstić information content (AvgIpc) is 2.67. The maximum Gasteiger partial charge on any atom is 0.335 e. The first kappa shape index (κ1) is 21.9. The summed E-state index contributed by atoms with van der Waals surface area (Å²) >= 11 is 6.20. The second kappa shape index (κ2) is 10.2. The number of hydrogen-bond acceptors (Lipinski definition) is 5. The lowest BCUT2D eigenvalue weighted by molar-refractivity contribution is -0.139. The van der Waals surface area contributed by atoms with E-state index < -0.39 is 17.8 Å². The van der Waals surface area contributed by atoms with Crippen LogP contribution in [0.5, 0.6) is 5.75 Å². The Hall–Kier alpha value is -3.39. The maximum atomic E-state index is 11.6. The van der Waals surface area contributed by atoms with Gasteiger partial charge < -0.3 is 15.2 Å². The van der Waals surface area contributed by atoms with Gasteiger partial charge in [-0.15, -0.1) is 0 Å². The number of benzene rings is 2. The number of carbonyl (C=O) groups excluding carboxylic acids is 2. The minimum Gasteiger partial charge on any atom is -0.487 e. The zero-order chi connectivity index (χ0) is 21.4. The molecule has 0 unspecified atom stereocenters. The molecule has 0 radical (unpaired) electrons. The first-order chi connectivity index (χ1) is 13.8. The van der Waals surface area contributed by atoms with Gasteiger partial charge in [0, 0.05) is 6.04 Å². The second-order valence-corrected chi connectivity index (χ2v) is 6.72. The summed E-state index contributed by atoms with van der Waals surface area (Å²) < 4.78 is 5.64. The number of hydrazone groups is 1. The molecule has 2 aromatic carbocycles. The molecule has 0 spiro atoms. The van der Waals surface area contributed by atoms with Gasteiger partial charge in [0.15, 0.2) is 0 Å². The van der Waals surface area contributed by atoms with Gasteiger partial charge in [0.25, 0.3) is 0 Å². The van der Waals surface area contributed by atoms with Crippen molar-refractivity contribution in [2.75, 3.05) is 0 Å². The number of ether oxygens (including phenoxy) is 1. The number of rotatable bonds is 7. The van der Waals surface area contributed by atoms with E-state index in [9.17, 15) is 14.4 Å². The van der Waals surface area contributed by atoms with Crippen LogP contribution in [0.15, 0.2) is 47.6 Å². The van der Waals surface area contributed by atoms with Crippen molar-refractivity contribution in [1.29, 1.82) is 0 Å². The van der Waals surface area contributed by atoms with Crippen molar-refractivity contribution >= 4 is 35.6 Å². The fraction of sp³-hybridized carbons (Fsp3) is 0.200. The summed E-state index contributed by atoms with van der Waals surface area (Å²) in [6, 6.07) is 11.1. The van der Waals surface area contributed by atoms with Crippen LogP contribution in [0.4, 0.5) is 0 Å². The molecule has 0 bridgehead atoms. The molecule has 0 aromatic heterocycles. The van der Waals surface area contributed by atoms with Crippen LogP contribution in [0.25, 0.3) is 0 Å². The largest absolute Gasteiger partial charge is 0.487 e. The molecule has 29 heavy (non-hydrogen) atoms. The highest BCUT2D eigenvalue weighted by Gasteiger charge is 2.13. The van der Waals surface area contributed by atoms with Crippen molar-refractivity contribution in [3.8, 4) is 5.75 Å². The van der Waals surface area contributed by atoms with Crippen LogP contribution >= 0.6 is 11.6 Å². The Morgan fingerprint density at radius 2 is 1.83 bits per heavy atom. The molecule has 2 aromatic rings. The van der Waals surface area contributed by atoms with Crippen molar-refractivity contribution in [1.82, 2.24) is 10.7 Å². The highest BCUT2D eigenvalue weighted by atomic mass is 35.5. The normalized spacial score (nSPS) is 10.8. The molecular formula is C20H20ClN3O5. The molecule has 0 heterocycles. The molecule has 152 valence electrons. The Labute approximate surface area is 172 Å². The Morgan fingerprint density at radius 1 is 1.14 bits per heavy atom. The summed E-state index contributed by atoms with van der Waals surface area (Å²) in [5.41, 5.74) is 3.72. The van der Waals surface area contributed by atoms with Crippen molar-refractivity contribution < 1.29 is 24.2 Å². The van der Waals surface area contributed by atoms with E-state index in [1.807, 2.05) is 0 Å². The molecule has 0 aliphatic heterocycles. The monoisotopic (exact) mass is 417 g/mol. The summed E-state index contributed by atoms with van der Waals surface area (Å²) in [5.74, 6) is -2.19. The van der Waals surface area contributed by atoms with Gasteiger partial charge in [-0.25, -0.2) is 10.2 Å². The quantitative estimate of drug-likeness (QED) is 0.363. The van der Waals surface area contributed by atoms with Gasteiger partial charge >= 0.3 is 17.8 Å². The van der Waals surface area contributed by atoms with Gasteiger partial charge in [-0.2, -0.15) is 5.10 Å². The lowest BCUT2D eigenvalue weighted by Gasteiger charge is -2.09. The molecule has 0 aliphatic rings. The maximum absolute atomic E-state index is 11.6. The van der Waals surface area contributed by atoms with Gasteiger partial charge in [-0.3, -0.25) is 9.59 Å². The summed E-state index contributed by atoms with van der Waals surface area (Å²) in [6.45, 7) is 3.70. The number of amides is 2. The lowest BCUT2D eigenvalue weighted by atomic mass is 10.1. The number of carboxylic acids is 1. The van der Waals surface area contributed by atoms with Crippen LogP contribution < -0.4 is 15.5 Å². The van der Waals surface area contributed by atoms with Crippen molar-refractivity contribution in [3.63, 3.8) is 0 Å². The van der Waals surface area contributed by atoms with E-state index in [2.05, 4.69) is 15.8 Å². The number of aromatic carboxylic acids is 1. The SMILES string of the molecule is CC(C)NC(=O)C(=O)N/N=C\c1ccc(OCc2ccc(C(=O)O)cc2)c(Cl)c1. The smallest absolute Gasteiger partial charge is 0.335 e. The molecule has 0 aliphatic carbocycles. The van der Waals surface area contributed by atoms with Crippen LogP contribution in [0, 0.1) is 0 Å². The van der Waals surface area contributed by atoms with Crippen molar-refractivity contribution in [2.24, 2.45) is 5.10 Å². The highest BCUT2D eigenvalue weighted by Crippen LogP contribution is 2.25. The minimum atomic E-state index is -0.991. The van der Waals surface area contributed by atoms with E-state index in [0.717, 1.165) is 5.56 Å². The van der Waals surface area contributed by atoms with Crippen LogP contribution in [-0.4, -0.2) is 35.1 Å². The first-order valence-corrected chi connectivity index (χ1v) is 9.02. The van der Waals surface area contributed by atoms with Gasteiger partial charge in [0.1, 0.15) is 12.4 Å². The van der Waals surface area contributed by atoms with Crippen molar-refractivity contribution in [3.05, 3.63) is 64.2 Å². The van der Waals surface area contributed by atoms with E-state index in [1.165, 1.54) is 18.3 Å². The average molecular weight is 418 g/mol. The number of nitrogens with zero attached hydrogens (tertiary/aromatic N) is 1. The Morgan fingerprint density at radius 3 is 2.41 bits per heavy atom. The Kier molecular flexibility index (Phi) is 7.73. The van der Waals surface area contributed by atoms with Gasteiger partial charge in [0.2, 0.25) is 0 Å². The summed E-state index contributed by atoms with van der Waals surface area (Å²) in [7, 11) is 0. The molecular weight excluding hydrogens is 398 g/mol. The first-order valence-electron chi connectivity index (χ1n) is 8.64. The van der Waals surface area contributed by atoms with Crippen molar-refractivity contribution in [2.45, 2.75) is 26.5 Å². The summed E-state index contributed by atoms with van der Waals surface area (Å²) in [6.07, 6.45) is 1.35. The third-order valence-corrected chi connectivity index (χ3v) is 3.85. The van der Waals surface area contributed by atoms with Gasteiger partial charge in [0.05, 0.1) is 16.8 Å². The third-order valence-electron chi connectivity index (χ3n) is 3.56. The zero-order valence-electron chi connectivity index (χ0n) is 15.8. The lowest BCUT2D eigenvalue weighted by Crippen LogP contribution is -2.41. The van der Waals surface area contributed by atoms with Crippen LogP contribution in [0.1, 0.15) is 35.3 Å². The summed E-state index contributed by atoms with van der Waals surface area (Å²) in [5, 5.41) is 15.4. The predicted molar refractivity (Wildman–Crippen MR) is 108 cm³/mol. The molecule has 2 rings (SSSR count). The molecule has 0 saturated carbocycles. The summed E-state index contributed by atoms with van der Waals surface area (Å²) in [4.78, 5) is 33.9. The van der Waals surface area contributed by atoms with Gasteiger partial charge in [-0.05, 0) is 55.3 Å². The number of carboxylic acid groups (broad SMARTS) is 1. The number of halogens is 1. The molecule has 9 heteroatoms. The van der Waals surface area contributed by atoms with E-state index in [1.54, 1.807) is 44.2 Å². The number of carbonyl (C=O) groups is 3. The van der Waals surface area contributed by atoms with Crippen LogP contribution in [-0.2, 0) is 16.2 Å².